The summed E-state index contributed by atoms with van der Waals surface area (Å²) in [5, 5.41) is 3.95. The van der Waals surface area contributed by atoms with Gasteiger partial charge in [0.15, 0.2) is 0 Å². The van der Waals surface area contributed by atoms with Crippen molar-refractivity contribution < 1.29 is 13.2 Å². The molecule has 5 rings (SSSR count). The lowest BCUT2D eigenvalue weighted by Crippen LogP contribution is -2.48. The first kappa shape index (κ1) is 21.2. The molecule has 0 radical (unpaired) electrons. The van der Waals surface area contributed by atoms with Crippen LogP contribution < -0.4 is 5.32 Å². The van der Waals surface area contributed by atoms with Crippen molar-refractivity contribution in [3.8, 4) is 0 Å². The molecule has 2 aliphatic heterocycles. The summed E-state index contributed by atoms with van der Waals surface area (Å²) in [4.78, 5) is 17.6. The van der Waals surface area contributed by atoms with Crippen LogP contribution in [0.5, 0.6) is 0 Å². The second-order valence-corrected chi connectivity index (χ2v) is 10.8. The Kier molecular flexibility index (Phi) is 5.31. The van der Waals surface area contributed by atoms with Gasteiger partial charge in [-0.1, -0.05) is 18.2 Å². The molecule has 3 heterocycles. The molecule has 7 nitrogen and oxygen atoms in total. The van der Waals surface area contributed by atoms with Gasteiger partial charge in [-0.25, -0.2) is 8.42 Å². The molecule has 2 aromatic carbocycles. The van der Waals surface area contributed by atoms with Crippen molar-refractivity contribution in [3.05, 3.63) is 59.8 Å². The maximum atomic E-state index is 13.3. The lowest BCUT2D eigenvalue weighted by molar-refractivity contribution is -0.114. The zero-order valence-electron chi connectivity index (χ0n) is 18.3. The van der Waals surface area contributed by atoms with E-state index >= 15 is 0 Å². The molecule has 32 heavy (non-hydrogen) atoms. The lowest BCUT2D eigenvalue weighted by atomic mass is 9.88. The number of sulfonamides is 1. The minimum Gasteiger partial charge on any atom is -0.357 e. The van der Waals surface area contributed by atoms with E-state index in [1.807, 2.05) is 6.07 Å². The number of rotatable bonds is 4. The number of anilines is 1. The van der Waals surface area contributed by atoms with Gasteiger partial charge in [0.1, 0.15) is 0 Å². The van der Waals surface area contributed by atoms with E-state index in [0.717, 1.165) is 37.9 Å². The zero-order valence-corrected chi connectivity index (χ0v) is 19.2. The number of H-pyrrole nitrogens is 1. The summed E-state index contributed by atoms with van der Waals surface area (Å²) in [5.41, 5.74) is 4.36. The topological polar surface area (TPSA) is 85.5 Å². The number of hydrogen-bond acceptors (Lipinski definition) is 4. The van der Waals surface area contributed by atoms with Crippen LogP contribution in [0.1, 0.15) is 37.1 Å². The molecule has 0 spiro atoms. The number of carbonyl (C=O) groups is 1. The number of piperidine rings is 1. The molecule has 0 bridgehead atoms. The summed E-state index contributed by atoms with van der Waals surface area (Å²) in [6.07, 6.45) is 2.60. The van der Waals surface area contributed by atoms with E-state index in [9.17, 15) is 13.2 Å². The molecule has 1 fully saturated rings. The number of nitrogens with zero attached hydrogens (tertiary/aromatic N) is 2. The number of hydrogen-bond donors (Lipinski definition) is 2. The second kappa shape index (κ2) is 8.03. The van der Waals surface area contributed by atoms with Gasteiger partial charge in [-0.15, -0.1) is 0 Å². The van der Waals surface area contributed by atoms with Crippen LogP contribution in [-0.4, -0.2) is 54.7 Å². The SMILES string of the molecule is CC(=O)Nc1ccc(S(=O)(=O)N(C)[C@H]2CCN3CCc4c([nH]c5ccccc45)[C@H]3C2)cc1. The highest BCUT2D eigenvalue weighted by atomic mass is 32.2. The fourth-order valence-corrected chi connectivity index (χ4v) is 6.60. The summed E-state index contributed by atoms with van der Waals surface area (Å²) in [6, 6.07) is 14.9. The Balaban J connectivity index is 1.39. The highest BCUT2D eigenvalue weighted by Crippen LogP contribution is 2.41. The number of aromatic amines is 1. The largest absolute Gasteiger partial charge is 0.357 e. The first-order chi connectivity index (χ1) is 15.3. The Morgan fingerprint density at radius 3 is 2.62 bits per heavy atom. The Labute approximate surface area is 188 Å². The molecule has 168 valence electrons. The highest BCUT2D eigenvalue weighted by Gasteiger charge is 2.39. The average molecular weight is 453 g/mol. The number of aromatic nitrogens is 1. The van der Waals surface area contributed by atoms with Gasteiger partial charge in [0, 0.05) is 55.4 Å². The number of fused-ring (bicyclic) bond motifs is 5. The smallest absolute Gasteiger partial charge is 0.243 e. The molecule has 0 unspecified atom stereocenters. The van der Waals surface area contributed by atoms with E-state index in [-0.39, 0.29) is 22.9 Å². The predicted molar refractivity (Wildman–Crippen MR) is 125 cm³/mol. The second-order valence-electron chi connectivity index (χ2n) is 8.77. The number of nitrogens with one attached hydrogen (secondary N) is 2. The molecular weight excluding hydrogens is 424 g/mol. The molecule has 1 amide bonds. The van der Waals surface area contributed by atoms with Gasteiger partial charge < -0.3 is 10.3 Å². The van der Waals surface area contributed by atoms with E-state index in [1.165, 1.54) is 27.9 Å². The minimum absolute atomic E-state index is 0.0753. The molecule has 3 aromatic rings. The molecule has 0 saturated carbocycles. The maximum absolute atomic E-state index is 13.3. The molecule has 8 heteroatoms. The van der Waals surface area contributed by atoms with Crippen molar-refractivity contribution >= 4 is 32.5 Å². The molecule has 2 atom stereocenters. The van der Waals surface area contributed by atoms with E-state index in [0.29, 0.717) is 5.69 Å². The molecule has 1 saturated heterocycles. The molecule has 1 aromatic heterocycles. The zero-order chi connectivity index (χ0) is 22.5. The molecule has 0 aliphatic carbocycles. The van der Waals surface area contributed by atoms with Crippen molar-refractivity contribution in [2.24, 2.45) is 0 Å². The highest BCUT2D eigenvalue weighted by molar-refractivity contribution is 7.89. The van der Waals surface area contributed by atoms with E-state index in [4.69, 9.17) is 0 Å². The Hall–Kier alpha value is -2.68. The van der Waals surface area contributed by atoms with Crippen LogP contribution in [-0.2, 0) is 21.2 Å². The fraction of sp³-hybridized carbons (Fsp3) is 0.375. The van der Waals surface area contributed by atoms with Crippen LogP contribution in [0.4, 0.5) is 5.69 Å². The molecule has 2 N–H and O–H groups in total. The van der Waals surface area contributed by atoms with Crippen LogP contribution in [0.25, 0.3) is 10.9 Å². The van der Waals surface area contributed by atoms with E-state index < -0.39 is 10.0 Å². The summed E-state index contributed by atoms with van der Waals surface area (Å²) >= 11 is 0. The molecular formula is C24H28N4O3S. The van der Waals surface area contributed by atoms with Crippen molar-refractivity contribution in [1.82, 2.24) is 14.2 Å². The quantitative estimate of drug-likeness (QED) is 0.634. The van der Waals surface area contributed by atoms with Crippen molar-refractivity contribution in [2.75, 3.05) is 25.5 Å². The van der Waals surface area contributed by atoms with E-state index in [2.05, 4.69) is 33.4 Å². The van der Waals surface area contributed by atoms with Gasteiger partial charge >= 0.3 is 0 Å². The normalized spacial score (nSPS) is 21.3. The Morgan fingerprint density at radius 2 is 1.88 bits per heavy atom. The van der Waals surface area contributed by atoms with Gasteiger partial charge in [-0.3, -0.25) is 9.69 Å². The first-order valence-corrected chi connectivity index (χ1v) is 12.5. The predicted octanol–water partition coefficient (Wildman–Crippen LogP) is 3.51. The van der Waals surface area contributed by atoms with Gasteiger partial charge in [-0.05, 0) is 55.2 Å². The minimum atomic E-state index is -3.63. The summed E-state index contributed by atoms with van der Waals surface area (Å²) < 4.78 is 28.2. The van der Waals surface area contributed by atoms with Crippen LogP contribution >= 0.6 is 0 Å². The third-order valence-corrected chi connectivity index (χ3v) is 8.80. The molecule has 2 aliphatic rings. The summed E-state index contributed by atoms with van der Waals surface area (Å²) in [6.45, 7) is 3.31. The number of amides is 1. The summed E-state index contributed by atoms with van der Waals surface area (Å²) in [5.74, 6) is -0.187. The number of carbonyl (C=O) groups excluding carboxylic acids is 1. The van der Waals surface area contributed by atoms with Gasteiger partial charge in [0.2, 0.25) is 15.9 Å². The third kappa shape index (κ3) is 3.62. The van der Waals surface area contributed by atoms with Crippen LogP contribution in [0.3, 0.4) is 0 Å². The van der Waals surface area contributed by atoms with Crippen LogP contribution in [0, 0.1) is 0 Å². The maximum Gasteiger partial charge on any atom is 0.243 e. The Bertz CT molecular complexity index is 1270. The Morgan fingerprint density at radius 1 is 1.12 bits per heavy atom. The third-order valence-electron chi connectivity index (χ3n) is 6.88. The lowest BCUT2D eigenvalue weighted by Gasteiger charge is -2.44. The standard InChI is InChI=1S/C24H28N4O3S/c1-16(29)25-17-7-9-19(10-8-17)32(30,31)27(2)18-11-13-28-14-12-21-20-5-3-4-6-22(20)26-24(21)23(28)15-18/h3-10,18,23,26H,11-15H2,1-2H3,(H,25,29)/t18-,23+/m0/s1. The average Bonchev–Trinajstić information content (AvgIpc) is 3.17. The number of para-hydroxylation sites is 1. The van der Waals surface area contributed by atoms with Crippen molar-refractivity contribution in [3.63, 3.8) is 0 Å². The first-order valence-electron chi connectivity index (χ1n) is 11.0. The van der Waals surface area contributed by atoms with Gasteiger partial charge in [0.25, 0.3) is 0 Å². The summed E-state index contributed by atoms with van der Waals surface area (Å²) in [7, 11) is -1.94. The monoisotopic (exact) mass is 452 g/mol. The van der Waals surface area contributed by atoms with Crippen molar-refractivity contribution in [2.45, 2.75) is 43.2 Å². The van der Waals surface area contributed by atoms with Gasteiger partial charge in [-0.2, -0.15) is 4.31 Å². The number of benzene rings is 2. The van der Waals surface area contributed by atoms with Crippen molar-refractivity contribution in [1.29, 1.82) is 0 Å². The van der Waals surface area contributed by atoms with Gasteiger partial charge in [0.05, 0.1) is 10.9 Å². The van der Waals surface area contributed by atoms with E-state index in [1.54, 1.807) is 31.3 Å². The van der Waals surface area contributed by atoms with Crippen LogP contribution in [0.2, 0.25) is 0 Å². The fourth-order valence-electron chi connectivity index (χ4n) is 5.20. The van der Waals surface area contributed by atoms with Crippen LogP contribution in [0.15, 0.2) is 53.4 Å².